The maximum atomic E-state index is 11.4. The Labute approximate surface area is 104 Å². The van der Waals surface area contributed by atoms with Crippen molar-refractivity contribution in [2.75, 3.05) is 20.3 Å². The average molecular weight is 254 g/mol. The average Bonchev–Trinajstić information content (AvgIpc) is 2.62. The van der Waals surface area contributed by atoms with Crippen molar-refractivity contribution in [2.24, 2.45) is 0 Å². The van der Waals surface area contributed by atoms with Gasteiger partial charge in [0.2, 0.25) is 0 Å². The summed E-state index contributed by atoms with van der Waals surface area (Å²) in [6.07, 6.45) is -0.921. The lowest BCUT2D eigenvalue weighted by molar-refractivity contribution is -0.150. The Kier molecular flexibility index (Phi) is 3.57. The van der Waals surface area contributed by atoms with Crippen molar-refractivity contribution in [3.8, 4) is 17.2 Å². The Balaban J connectivity index is 2.48. The number of carbonyl (C=O) groups excluding carboxylic acids is 1. The van der Waals surface area contributed by atoms with E-state index in [4.69, 9.17) is 9.47 Å². The summed E-state index contributed by atoms with van der Waals surface area (Å²) in [5.74, 6) is -0.530. The number of phenols is 1. The maximum Gasteiger partial charge on any atom is 0.339 e. The molecule has 1 heterocycles. The molecule has 1 unspecified atom stereocenters. The number of aromatic hydroxyl groups is 1. The molecule has 1 aliphatic rings. The summed E-state index contributed by atoms with van der Waals surface area (Å²) in [5, 5.41) is 19.6. The van der Waals surface area contributed by atoms with Gasteiger partial charge in [0.1, 0.15) is 5.75 Å². The molecule has 0 spiro atoms. The van der Waals surface area contributed by atoms with Crippen molar-refractivity contribution in [2.45, 2.75) is 12.5 Å². The van der Waals surface area contributed by atoms with Gasteiger partial charge in [-0.25, -0.2) is 4.79 Å². The molecule has 0 radical (unpaired) electrons. The van der Waals surface area contributed by atoms with Gasteiger partial charge in [0.25, 0.3) is 0 Å². The lowest BCUT2D eigenvalue weighted by Gasteiger charge is -2.16. The van der Waals surface area contributed by atoms with Crippen LogP contribution in [0.3, 0.4) is 0 Å². The van der Waals surface area contributed by atoms with Crippen LogP contribution in [0.15, 0.2) is 12.1 Å². The number of hydrogen-bond donors (Lipinski definition) is 2. The van der Waals surface area contributed by atoms with E-state index in [0.717, 1.165) is 7.11 Å². The number of rotatable bonds is 2. The topological polar surface area (TPSA) is 85.2 Å². The van der Waals surface area contributed by atoms with Crippen molar-refractivity contribution >= 4 is 5.97 Å². The normalized spacial score (nSPS) is 15.7. The summed E-state index contributed by atoms with van der Waals surface area (Å²) >= 11 is 0. The highest BCUT2D eigenvalue weighted by Gasteiger charge is 2.29. The van der Waals surface area contributed by atoms with Gasteiger partial charge in [-0.1, -0.05) is 0 Å². The van der Waals surface area contributed by atoms with E-state index in [1.165, 1.54) is 12.1 Å². The fraction of sp³-hybridized carbons (Fsp3) is 0.417. The first kappa shape index (κ1) is 12.5. The van der Waals surface area contributed by atoms with Gasteiger partial charge in [0, 0.05) is 6.42 Å². The molecule has 1 aliphatic heterocycles. The van der Waals surface area contributed by atoms with Crippen molar-refractivity contribution in [1.29, 1.82) is 0 Å². The lowest BCUT2D eigenvalue weighted by Crippen LogP contribution is -2.15. The van der Waals surface area contributed by atoms with Crippen LogP contribution in [0.25, 0.3) is 0 Å². The van der Waals surface area contributed by atoms with Gasteiger partial charge in [-0.15, -0.1) is 0 Å². The van der Waals surface area contributed by atoms with Crippen LogP contribution >= 0.6 is 0 Å². The third-order valence-electron chi connectivity index (χ3n) is 2.63. The van der Waals surface area contributed by atoms with Crippen LogP contribution in [0, 0.1) is 0 Å². The smallest absolute Gasteiger partial charge is 0.339 e. The zero-order valence-electron chi connectivity index (χ0n) is 9.88. The zero-order valence-corrected chi connectivity index (χ0v) is 9.88. The Morgan fingerprint density at radius 1 is 1.39 bits per heavy atom. The number of esters is 1. The summed E-state index contributed by atoms with van der Waals surface area (Å²) in [6, 6.07) is 2.87. The Hall–Kier alpha value is -1.95. The molecule has 98 valence electrons. The first-order valence-electron chi connectivity index (χ1n) is 5.52. The van der Waals surface area contributed by atoms with Crippen molar-refractivity contribution < 1.29 is 29.2 Å². The molecule has 2 rings (SSSR count). The molecule has 0 saturated carbocycles. The minimum atomic E-state index is -1.60. The third kappa shape index (κ3) is 2.19. The van der Waals surface area contributed by atoms with Crippen LogP contribution in [0.4, 0.5) is 0 Å². The van der Waals surface area contributed by atoms with E-state index in [1.54, 1.807) is 0 Å². The van der Waals surface area contributed by atoms with Crippen LogP contribution in [-0.2, 0) is 9.53 Å². The Morgan fingerprint density at radius 3 is 2.83 bits per heavy atom. The molecule has 0 aromatic heterocycles. The number of methoxy groups -OCH3 is 1. The van der Waals surface area contributed by atoms with Crippen LogP contribution in [0.1, 0.15) is 18.1 Å². The summed E-state index contributed by atoms with van der Waals surface area (Å²) in [4.78, 5) is 11.4. The molecule has 6 heteroatoms. The number of phenolic OH excluding ortho intramolecular Hbond substituents is 1. The van der Waals surface area contributed by atoms with Gasteiger partial charge in [0.05, 0.1) is 25.9 Å². The van der Waals surface area contributed by atoms with Gasteiger partial charge >= 0.3 is 5.97 Å². The fourth-order valence-corrected chi connectivity index (χ4v) is 1.74. The highest BCUT2D eigenvalue weighted by molar-refractivity contribution is 5.79. The maximum absolute atomic E-state index is 11.4. The number of hydrogen-bond acceptors (Lipinski definition) is 6. The van der Waals surface area contributed by atoms with E-state index < -0.39 is 12.1 Å². The molecular formula is C12H14O6. The molecule has 0 bridgehead atoms. The van der Waals surface area contributed by atoms with Gasteiger partial charge in [-0.3, -0.25) is 0 Å². The number of fused-ring (bicyclic) bond motifs is 1. The molecule has 1 atom stereocenters. The molecular weight excluding hydrogens is 240 g/mol. The highest BCUT2D eigenvalue weighted by atomic mass is 16.5. The van der Waals surface area contributed by atoms with E-state index >= 15 is 0 Å². The fourth-order valence-electron chi connectivity index (χ4n) is 1.74. The second-order valence-electron chi connectivity index (χ2n) is 3.80. The van der Waals surface area contributed by atoms with Crippen molar-refractivity contribution in [1.82, 2.24) is 0 Å². The lowest BCUT2D eigenvalue weighted by atomic mass is 10.1. The standard InChI is InChI=1S/C12H14O6/c1-16-12(15)10(14)9-7(13)3-4-8-11(9)18-6-2-5-17-8/h3-4,10,13-14H,2,5-6H2,1H3. The number of benzene rings is 1. The third-order valence-corrected chi connectivity index (χ3v) is 2.63. The largest absolute Gasteiger partial charge is 0.507 e. The van der Waals surface area contributed by atoms with E-state index in [9.17, 15) is 15.0 Å². The molecule has 0 amide bonds. The SMILES string of the molecule is COC(=O)C(O)c1c(O)ccc2c1OCCCO2. The van der Waals surface area contributed by atoms with Crippen molar-refractivity contribution in [3.05, 3.63) is 17.7 Å². The van der Waals surface area contributed by atoms with E-state index in [-0.39, 0.29) is 17.1 Å². The minimum Gasteiger partial charge on any atom is -0.507 e. The van der Waals surface area contributed by atoms with Gasteiger partial charge in [-0.05, 0) is 12.1 Å². The van der Waals surface area contributed by atoms with Crippen molar-refractivity contribution in [3.63, 3.8) is 0 Å². The molecule has 0 fully saturated rings. The second-order valence-corrected chi connectivity index (χ2v) is 3.80. The van der Waals surface area contributed by atoms with E-state index in [1.807, 2.05) is 0 Å². The molecule has 1 aromatic carbocycles. The van der Waals surface area contributed by atoms with Crippen LogP contribution in [-0.4, -0.2) is 36.5 Å². The molecule has 0 aliphatic carbocycles. The monoisotopic (exact) mass is 254 g/mol. The number of carbonyl (C=O) groups is 1. The van der Waals surface area contributed by atoms with Crippen LogP contribution in [0.2, 0.25) is 0 Å². The van der Waals surface area contributed by atoms with Crippen LogP contribution < -0.4 is 9.47 Å². The number of ether oxygens (including phenoxy) is 3. The van der Waals surface area contributed by atoms with Gasteiger partial charge < -0.3 is 24.4 Å². The highest BCUT2D eigenvalue weighted by Crippen LogP contribution is 2.42. The van der Waals surface area contributed by atoms with Gasteiger partial charge in [0.15, 0.2) is 17.6 Å². The Bertz CT molecular complexity index is 456. The molecule has 2 N–H and O–H groups in total. The molecule has 6 nitrogen and oxygen atoms in total. The summed E-state index contributed by atoms with van der Waals surface area (Å²) in [6.45, 7) is 0.864. The molecule has 18 heavy (non-hydrogen) atoms. The summed E-state index contributed by atoms with van der Waals surface area (Å²) in [7, 11) is 1.15. The number of aliphatic hydroxyl groups is 1. The molecule has 1 aromatic rings. The quantitative estimate of drug-likeness (QED) is 0.758. The number of aliphatic hydroxyl groups excluding tert-OH is 1. The first-order chi connectivity index (χ1) is 8.65. The minimum absolute atomic E-state index is 0.0266. The predicted molar refractivity (Wildman–Crippen MR) is 60.7 cm³/mol. The first-order valence-corrected chi connectivity index (χ1v) is 5.52. The van der Waals surface area contributed by atoms with E-state index in [2.05, 4.69) is 4.74 Å². The second kappa shape index (κ2) is 5.14. The van der Waals surface area contributed by atoms with Gasteiger partial charge in [-0.2, -0.15) is 0 Å². The summed E-state index contributed by atoms with van der Waals surface area (Å²) < 4.78 is 15.3. The van der Waals surface area contributed by atoms with E-state index in [0.29, 0.717) is 25.4 Å². The predicted octanol–water partition coefficient (Wildman–Crippen LogP) is 0.760. The molecule has 0 saturated heterocycles. The summed E-state index contributed by atoms with van der Waals surface area (Å²) in [5.41, 5.74) is -0.0266. The Morgan fingerprint density at radius 2 is 2.11 bits per heavy atom. The van der Waals surface area contributed by atoms with Crippen LogP contribution in [0.5, 0.6) is 17.2 Å². The zero-order chi connectivity index (χ0) is 13.1.